The maximum atomic E-state index is 11.8. The van der Waals surface area contributed by atoms with Gasteiger partial charge in [-0.3, -0.25) is 0 Å². The highest BCUT2D eigenvalue weighted by Gasteiger charge is 2.44. The van der Waals surface area contributed by atoms with Crippen LogP contribution in [0.25, 0.3) is 0 Å². The van der Waals surface area contributed by atoms with Gasteiger partial charge in [0.2, 0.25) is 0 Å². The molecule has 0 N–H and O–H groups in total. The lowest BCUT2D eigenvalue weighted by Crippen LogP contribution is -2.43. The van der Waals surface area contributed by atoms with Crippen LogP contribution in [0.2, 0.25) is 0 Å². The van der Waals surface area contributed by atoms with Crippen LogP contribution < -0.4 is 0 Å². The standard InChI is InChI=1S/C29H50O5/c1-10-11-12-13-14-15-17-27(18-16-19-31-28(30)26(8)9)29(32-20-23(2)3,33-21-24(4)5)34-22-25(6)7/h20-22,27H,8,10-19H2,1-7,9H3. The lowest BCUT2D eigenvalue weighted by Gasteiger charge is -2.37. The number of carbonyl (C=O) groups is 1. The Morgan fingerprint density at radius 1 is 0.735 bits per heavy atom. The Hall–Kier alpha value is -2.17. The summed E-state index contributed by atoms with van der Waals surface area (Å²) in [5.74, 6) is -1.72. The van der Waals surface area contributed by atoms with Gasteiger partial charge in [0.15, 0.2) is 0 Å². The molecule has 0 aliphatic heterocycles. The fourth-order valence-corrected chi connectivity index (χ4v) is 3.26. The van der Waals surface area contributed by atoms with Crippen LogP contribution in [0.15, 0.2) is 47.7 Å². The number of unbranched alkanes of at least 4 members (excludes halogenated alkanes) is 5. The van der Waals surface area contributed by atoms with E-state index in [1.165, 1.54) is 25.7 Å². The molecule has 0 heterocycles. The summed E-state index contributed by atoms with van der Waals surface area (Å²) in [7, 11) is 0. The van der Waals surface area contributed by atoms with Gasteiger partial charge in [-0.15, -0.1) is 0 Å². The predicted molar refractivity (Wildman–Crippen MR) is 141 cm³/mol. The van der Waals surface area contributed by atoms with Crippen molar-refractivity contribution in [2.45, 2.75) is 119 Å². The average Bonchev–Trinajstić information content (AvgIpc) is 2.76. The van der Waals surface area contributed by atoms with Gasteiger partial charge in [0.1, 0.15) is 0 Å². The Morgan fingerprint density at radius 3 is 1.62 bits per heavy atom. The Labute approximate surface area is 209 Å². The lowest BCUT2D eigenvalue weighted by molar-refractivity contribution is -0.349. The first-order chi connectivity index (χ1) is 16.0. The predicted octanol–water partition coefficient (Wildman–Crippen LogP) is 8.73. The zero-order valence-corrected chi connectivity index (χ0v) is 23.1. The Balaban J connectivity index is 5.78. The summed E-state index contributed by atoms with van der Waals surface area (Å²) in [6, 6.07) is 0. The molecular formula is C29H50O5. The zero-order valence-electron chi connectivity index (χ0n) is 23.1. The fourth-order valence-electron chi connectivity index (χ4n) is 3.26. The van der Waals surface area contributed by atoms with Gasteiger partial charge in [0.25, 0.3) is 0 Å². The van der Waals surface area contributed by atoms with Crippen LogP contribution in [-0.4, -0.2) is 18.5 Å². The first-order valence-electron chi connectivity index (χ1n) is 12.8. The molecule has 5 heteroatoms. The van der Waals surface area contributed by atoms with E-state index in [0.717, 1.165) is 42.4 Å². The molecule has 1 unspecified atom stereocenters. The third kappa shape index (κ3) is 14.9. The second-order valence-electron chi connectivity index (χ2n) is 9.85. The van der Waals surface area contributed by atoms with Crippen molar-refractivity contribution in [1.29, 1.82) is 0 Å². The molecule has 0 aliphatic rings. The molecule has 0 radical (unpaired) electrons. The summed E-state index contributed by atoms with van der Waals surface area (Å²) in [5, 5.41) is 0. The van der Waals surface area contributed by atoms with E-state index < -0.39 is 5.97 Å². The van der Waals surface area contributed by atoms with Crippen molar-refractivity contribution in [2.24, 2.45) is 5.92 Å². The summed E-state index contributed by atoms with van der Waals surface area (Å²) in [4.78, 5) is 11.8. The van der Waals surface area contributed by atoms with Crippen LogP contribution in [-0.2, 0) is 23.7 Å². The third-order valence-electron chi connectivity index (χ3n) is 5.06. The second kappa shape index (κ2) is 18.2. The lowest BCUT2D eigenvalue weighted by atomic mass is 9.93. The Kier molecular flexibility index (Phi) is 17.0. The second-order valence-corrected chi connectivity index (χ2v) is 9.85. The molecule has 0 amide bonds. The average molecular weight is 479 g/mol. The molecule has 0 bridgehead atoms. The molecule has 1 atom stereocenters. The highest BCUT2D eigenvalue weighted by Crippen LogP contribution is 2.36. The smallest absolute Gasteiger partial charge is 0.418 e. The quantitative estimate of drug-likeness (QED) is 0.0610. The maximum absolute atomic E-state index is 11.8. The Bertz CT molecular complexity index is 624. The highest BCUT2D eigenvalue weighted by molar-refractivity contribution is 5.86. The first-order valence-corrected chi connectivity index (χ1v) is 12.8. The van der Waals surface area contributed by atoms with Crippen LogP contribution in [0, 0.1) is 5.92 Å². The molecule has 0 spiro atoms. The van der Waals surface area contributed by atoms with E-state index in [4.69, 9.17) is 18.9 Å². The maximum Gasteiger partial charge on any atom is 0.418 e. The van der Waals surface area contributed by atoms with Crippen molar-refractivity contribution in [3.05, 3.63) is 47.7 Å². The van der Waals surface area contributed by atoms with Gasteiger partial charge in [0.05, 0.1) is 31.3 Å². The van der Waals surface area contributed by atoms with E-state index in [1.807, 2.05) is 41.5 Å². The van der Waals surface area contributed by atoms with Crippen molar-refractivity contribution in [2.75, 3.05) is 6.61 Å². The van der Waals surface area contributed by atoms with Crippen molar-refractivity contribution in [3.8, 4) is 0 Å². The van der Waals surface area contributed by atoms with E-state index in [9.17, 15) is 4.79 Å². The van der Waals surface area contributed by atoms with Crippen LogP contribution in [0.1, 0.15) is 113 Å². The van der Waals surface area contributed by atoms with E-state index in [1.54, 1.807) is 25.7 Å². The topological polar surface area (TPSA) is 54.0 Å². The summed E-state index contributed by atoms with van der Waals surface area (Å²) in [6.45, 7) is 19.7. The van der Waals surface area contributed by atoms with Gasteiger partial charge in [-0.25, -0.2) is 4.79 Å². The molecule has 0 rings (SSSR count). The number of rotatable bonds is 19. The number of esters is 1. The molecule has 5 nitrogen and oxygen atoms in total. The van der Waals surface area contributed by atoms with Crippen molar-refractivity contribution in [3.63, 3.8) is 0 Å². The van der Waals surface area contributed by atoms with Gasteiger partial charge < -0.3 is 18.9 Å². The van der Waals surface area contributed by atoms with Gasteiger partial charge in [-0.2, -0.15) is 0 Å². The van der Waals surface area contributed by atoms with Gasteiger partial charge in [-0.05, 0) is 84.4 Å². The van der Waals surface area contributed by atoms with Crippen LogP contribution in [0.3, 0.4) is 0 Å². The van der Waals surface area contributed by atoms with E-state index in [-0.39, 0.29) is 11.9 Å². The van der Waals surface area contributed by atoms with Crippen LogP contribution >= 0.6 is 0 Å². The molecule has 0 fully saturated rings. The zero-order chi connectivity index (χ0) is 26.0. The molecule has 196 valence electrons. The Morgan fingerprint density at radius 2 is 1.18 bits per heavy atom. The van der Waals surface area contributed by atoms with E-state index >= 15 is 0 Å². The van der Waals surface area contributed by atoms with Gasteiger partial charge in [0, 0.05) is 5.57 Å². The first kappa shape index (κ1) is 31.8. The molecule has 34 heavy (non-hydrogen) atoms. The largest absolute Gasteiger partial charge is 0.462 e. The number of carbonyl (C=O) groups excluding carboxylic acids is 1. The number of allylic oxidation sites excluding steroid dienone is 3. The van der Waals surface area contributed by atoms with E-state index in [2.05, 4.69) is 13.5 Å². The minimum atomic E-state index is -1.30. The number of hydrogen-bond acceptors (Lipinski definition) is 5. The van der Waals surface area contributed by atoms with Crippen LogP contribution in [0.5, 0.6) is 0 Å². The summed E-state index contributed by atoms with van der Waals surface area (Å²) >= 11 is 0. The molecule has 0 saturated heterocycles. The summed E-state index contributed by atoms with van der Waals surface area (Å²) in [6.07, 6.45) is 14.6. The fraction of sp³-hybridized carbons (Fsp3) is 0.690. The normalized spacial score (nSPS) is 11.6. The summed E-state index contributed by atoms with van der Waals surface area (Å²) < 4.78 is 24.1. The molecule has 0 aromatic heterocycles. The molecule has 0 aromatic carbocycles. The molecule has 0 aromatic rings. The third-order valence-corrected chi connectivity index (χ3v) is 5.06. The monoisotopic (exact) mass is 478 g/mol. The number of ether oxygens (including phenoxy) is 4. The number of hydrogen-bond donors (Lipinski definition) is 0. The minimum Gasteiger partial charge on any atom is -0.462 e. The van der Waals surface area contributed by atoms with Crippen molar-refractivity contribution in [1.82, 2.24) is 0 Å². The van der Waals surface area contributed by atoms with Gasteiger partial charge >= 0.3 is 11.9 Å². The SMILES string of the molecule is C=C(C)C(=O)OCCCC(CCCCCCCC)C(OC=C(C)C)(OC=C(C)C)OC=C(C)C. The summed E-state index contributed by atoms with van der Waals surface area (Å²) in [5.41, 5.74) is 3.45. The van der Waals surface area contributed by atoms with Gasteiger partial charge in [-0.1, -0.05) is 52.0 Å². The molecule has 0 aliphatic carbocycles. The van der Waals surface area contributed by atoms with Crippen molar-refractivity contribution >= 4 is 5.97 Å². The molecule has 0 saturated carbocycles. The van der Waals surface area contributed by atoms with Crippen LogP contribution in [0.4, 0.5) is 0 Å². The van der Waals surface area contributed by atoms with Crippen molar-refractivity contribution < 1.29 is 23.7 Å². The minimum absolute atomic E-state index is 0.0657. The highest BCUT2D eigenvalue weighted by atomic mass is 16.9. The van der Waals surface area contributed by atoms with E-state index in [0.29, 0.717) is 18.6 Å². The molecular weight excluding hydrogens is 428 g/mol.